The first-order chi connectivity index (χ1) is 11.9. The summed E-state index contributed by atoms with van der Waals surface area (Å²) in [5.41, 5.74) is 1.70. The van der Waals surface area contributed by atoms with Crippen LogP contribution in [0.3, 0.4) is 0 Å². The molecule has 3 unspecified atom stereocenters. The van der Waals surface area contributed by atoms with Crippen molar-refractivity contribution >= 4 is 5.78 Å². The molecule has 5 rings (SSSR count). The molecule has 0 bridgehead atoms. The van der Waals surface area contributed by atoms with E-state index in [0.29, 0.717) is 27.9 Å². The largest absolute Gasteiger partial charge is 0.384 e. The van der Waals surface area contributed by atoms with Gasteiger partial charge < -0.3 is 4.74 Å². The van der Waals surface area contributed by atoms with Crippen molar-refractivity contribution < 1.29 is 9.53 Å². The van der Waals surface area contributed by atoms with Gasteiger partial charge in [0.05, 0.1) is 0 Å². The van der Waals surface area contributed by atoms with Gasteiger partial charge in [-0.2, -0.15) is 0 Å². The number of rotatable bonds is 3. The summed E-state index contributed by atoms with van der Waals surface area (Å²) in [6.07, 6.45) is 11.5. The lowest BCUT2D eigenvalue weighted by molar-refractivity contribution is -0.134. The number of hydrogen-bond donors (Lipinski definition) is 0. The Hall–Kier alpha value is -0.370. The lowest BCUT2D eigenvalue weighted by Crippen LogP contribution is -2.52. The monoisotopic (exact) mass is 344 g/mol. The Morgan fingerprint density at radius 3 is 2.60 bits per heavy atom. The highest BCUT2D eigenvalue weighted by Crippen LogP contribution is 2.91. The van der Waals surface area contributed by atoms with Crippen LogP contribution in [0.15, 0.2) is 0 Å². The summed E-state index contributed by atoms with van der Waals surface area (Å²) < 4.78 is 5.53. The van der Waals surface area contributed by atoms with E-state index in [1.807, 2.05) is 7.11 Å². The van der Waals surface area contributed by atoms with E-state index in [-0.39, 0.29) is 5.41 Å². The van der Waals surface area contributed by atoms with Gasteiger partial charge >= 0.3 is 0 Å². The van der Waals surface area contributed by atoms with Crippen LogP contribution < -0.4 is 0 Å². The maximum atomic E-state index is 12.6. The third kappa shape index (κ3) is 1.66. The number of carbonyl (C=O) groups is 1. The normalized spacial score (nSPS) is 59.1. The van der Waals surface area contributed by atoms with E-state index in [2.05, 4.69) is 20.8 Å². The van der Waals surface area contributed by atoms with Crippen LogP contribution in [0.25, 0.3) is 0 Å². The van der Waals surface area contributed by atoms with Crippen molar-refractivity contribution in [2.24, 2.45) is 45.3 Å². The van der Waals surface area contributed by atoms with E-state index in [9.17, 15) is 4.79 Å². The van der Waals surface area contributed by atoms with E-state index in [0.717, 1.165) is 30.8 Å². The van der Waals surface area contributed by atoms with E-state index < -0.39 is 0 Å². The second kappa shape index (κ2) is 4.91. The molecule has 5 fully saturated rings. The Morgan fingerprint density at radius 2 is 1.88 bits per heavy atom. The number of carbonyl (C=O) groups excluding carboxylic acids is 1. The molecule has 0 aromatic rings. The van der Waals surface area contributed by atoms with Gasteiger partial charge in [-0.3, -0.25) is 4.79 Å². The zero-order valence-electron chi connectivity index (χ0n) is 16.7. The molecule has 5 saturated carbocycles. The Kier molecular flexibility index (Phi) is 3.30. The molecule has 0 saturated heterocycles. The Morgan fingerprint density at radius 1 is 1.08 bits per heavy atom. The molecule has 2 heteroatoms. The number of Topliss-reactive ketones (excluding diaryl/α,β-unsaturated/α-hetero) is 1. The first kappa shape index (κ1) is 16.8. The first-order valence-electron chi connectivity index (χ1n) is 10.9. The number of hydrogen-bond acceptors (Lipinski definition) is 2. The third-order valence-corrected chi connectivity index (χ3v) is 10.7. The summed E-state index contributed by atoms with van der Waals surface area (Å²) >= 11 is 0. The highest BCUT2D eigenvalue weighted by atomic mass is 16.5. The van der Waals surface area contributed by atoms with Crippen LogP contribution in [0.5, 0.6) is 0 Å². The van der Waals surface area contributed by atoms with E-state index in [1.165, 1.54) is 51.4 Å². The molecule has 2 nitrogen and oxygen atoms in total. The van der Waals surface area contributed by atoms with Gasteiger partial charge in [0, 0.05) is 25.6 Å². The summed E-state index contributed by atoms with van der Waals surface area (Å²) in [5, 5.41) is 0. The third-order valence-electron chi connectivity index (χ3n) is 10.7. The maximum Gasteiger partial charge on any atom is 0.139 e. The van der Waals surface area contributed by atoms with Crippen LogP contribution in [0.2, 0.25) is 0 Å². The van der Waals surface area contributed by atoms with Crippen LogP contribution in [0.4, 0.5) is 0 Å². The number of fused-ring (bicyclic) bond motifs is 4. The quantitative estimate of drug-likeness (QED) is 0.699. The lowest BCUT2D eigenvalue weighted by atomic mass is 9.46. The standard InChI is InChI=1S/C23H36O2/c1-5-22-9-8-15(14-25-4)12-20(22,2)13-17-19-16-6-7-18(24)21(16,3)10-11-23(17,19)22/h15-17,19H,5-14H2,1-4H3/t15-,16?,17?,19-,20+,21+,22+,23?/m1/s1. The van der Waals surface area contributed by atoms with Crippen molar-refractivity contribution in [1.82, 2.24) is 0 Å². The summed E-state index contributed by atoms with van der Waals surface area (Å²) in [4.78, 5) is 12.6. The Bertz CT molecular complexity index is 613. The summed E-state index contributed by atoms with van der Waals surface area (Å²) in [6, 6.07) is 0. The minimum Gasteiger partial charge on any atom is -0.384 e. The fraction of sp³-hybridized carbons (Fsp3) is 0.957. The summed E-state index contributed by atoms with van der Waals surface area (Å²) in [5.74, 6) is 3.88. The van der Waals surface area contributed by atoms with Gasteiger partial charge in [-0.25, -0.2) is 0 Å². The van der Waals surface area contributed by atoms with Crippen LogP contribution in [0, 0.1) is 45.3 Å². The molecule has 8 atom stereocenters. The molecule has 25 heavy (non-hydrogen) atoms. The molecule has 0 aliphatic heterocycles. The van der Waals surface area contributed by atoms with Gasteiger partial charge in [-0.15, -0.1) is 0 Å². The van der Waals surface area contributed by atoms with Gasteiger partial charge in [-0.1, -0.05) is 20.8 Å². The molecule has 140 valence electrons. The lowest BCUT2D eigenvalue weighted by Gasteiger charge is -2.58. The summed E-state index contributed by atoms with van der Waals surface area (Å²) in [7, 11) is 1.87. The Labute approximate surface area is 153 Å². The highest BCUT2D eigenvalue weighted by molar-refractivity contribution is 5.87. The van der Waals surface area contributed by atoms with Gasteiger partial charge in [0.15, 0.2) is 0 Å². The SMILES string of the molecule is CC[C@]12CC[C@@H](COC)C[C@@]1(C)CC1[C@H]3C4CCC(=O)[C@@]4(C)CCC132. The molecule has 0 N–H and O–H groups in total. The van der Waals surface area contributed by atoms with E-state index in [1.54, 1.807) is 0 Å². The molecular formula is C23H36O2. The fourth-order valence-corrected chi connectivity index (χ4v) is 9.79. The van der Waals surface area contributed by atoms with Crippen LogP contribution in [-0.4, -0.2) is 19.5 Å². The van der Waals surface area contributed by atoms with E-state index in [4.69, 9.17) is 4.74 Å². The van der Waals surface area contributed by atoms with Gasteiger partial charge in [0.1, 0.15) is 5.78 Å². The molecule has 0 aromatic carbocycles. The van der Waals surface area contributed by atoms with E-state index >= 15 is 0 Å². The zero-order chi connectivity index (χ0) is 17.7. The predicted molar refractivity (Wildman–Crippen MR) is 99.2 cm³/mol. The molecular weight excluding hydrogens is 308 g/mol. The average molecular weight is 345 g/mol. The molecule has 5 aliphatic rings. The number of ether oxygens (including phenoxy) is 1. The van der Waals surface area contributed by atoms with Crippen molar-refractivity contribution in [3.8, 4) is 0 Å². The second-order valence-corrected chi connectivity index (χ2v) is 10.9. The molecule has 0 amide bonds. The Balaban J connectivity index is 1.50. The minimum absolute atomic E-state index is 0.0405. The van der Waals surface area contributed by atoms with Crippen molar-refractivity contribution in [2.45, 2.75) is 78.6 Å². The highest BCUT2D eigenvalue weighted by Gasteiger charge is 2.85. The predicted octanol–water partition coefficient (Wildman–Crippen LogP) is 5.25. The van der Waals surface area contributed by atoms with Crippen molar-refractivity contribution in [3.63, 3.8) is 0 Å². The average Bonchev–Trinajstić information content (AvgIpc) is 3.01. The van der Waals surface area contributed by atoms with Crippen molar-refractivity contribution in [2.75, 3.05) is 13.7 Å². The fourth-order valence-electron chi connectivity index (χ4n) is 9.79. The van der Waals surface area contributed by atoms with Crippen LogP contribution >= 0.6 is 0 Å². The van der Waals surface area contributed by atoms with Gasteiger partial charge in [-0.05, 0) is 91.3 Å². The van der Waals surface area contributed by atoms with Crippen molar-refractivity contribution in [1.29, 1.82) is 0 Å². The maximum absolute atomic E-state index is 12.6. The smallest absolute Gasteiger partial charge is 0.139 e. The molecule has 1 spiro atoms. The number of methoxy groups -OCH3 is 1. The van der Waals surface area contributed by atoms with Crippen LogP contribution in [-0.2, 0) is 9.53 Å². The second-order valence-electron chi connectivity index (χ2n) is 10.9. The minimum atomic E-state index is 0.0405. The van der Waals surface area contributed by atoms with Gasteiger partial charge in [0.2, 0.25) is 0 Å². The molecule has 0 heterocycles. The first-order valence-corrected chi connectivity index (χ1v) is 10.9. The molecule has 0 radical (unpaired) electrons. The molecule has 5 aliphatic carbocycles. The molecule has 0 aromatic heterocycles. The summed E-state index contributed by atoms with van der Waals surface area (Å²) in [6.45, 7) is 8.38. The van der Waals surface area contributed by atoms with Gasteiger partial charge in [0.25, 0.3) is 0 Å². The van der Waals surface area contributed by atoms with Crippen LogP contribution in [0.1, 0.15) is 78.6 Å². The zero-order valence-corrected chi connectivity index (χ0v) is 16.7. The number of ketones is 1. The van der Waals surface area contributed by atoms with Crippen molar-refractivity contribution in [3.05, 3.63) is 0 Å². The topological polar surface area (TPSA) is 26.3 Å².